The summed E-state index contributed by atoms with van der Waals surface area (Å²) in [5.74, 6) is 0.00823. The van der Waals surface area contributed by atoms with E-state index >= 15 is 0 Å². The fraction of sp³-hybridized carbons (Fsp3) is 0.417. The first kappa shape index (κ1) is 19.3. The molecule has 0 heterocycles. The topological polar surface area (TPSA) is 46.2 Å². The second kappa shape index (κ2) is 9.50. The molecule has 27 heavy (non-hydrogen) atoms. The van der Waals surface area contributed by atoms with Crippen LogP contribution in [-0.4, -0.2) is 11.7 Å². The molecule has 1 aliphatic rings. The molecule has 0 bridgehead atoms. The summed E-state index contributed by atoms with van der Waals surface area (Å²) in [6.07, 6.45) is 7.01. The van der Waals surface area contributed by atoms with Gasteiger partial charge in [-0.2, -0.15) is 0 Å². The maximum Gasteiger partial charge on any atom is 0.220 e. The highest BCUT2D eigenvalue weighted by atomic mass is 16.2. The van der Waals surface area contributed by atoms with Crippen LogP contribution in [0.3, 0.4) is 0 Å². The van der Waals surface area contributed by atoms with Gasteiger partial charge in [-0.25, -0.2) is 0 Å². The molecule has 0 spiro atoms. The lowest BCUT2D eigenvalue weighted by Gasteiger charge is -2.19. The highest BCUT2D eigenvalue weighted by molar-refractivity contribution is 5.98. The zero-order valence-electron chi connectivity index (χ0n) is 16.2. The van der Waals surface area contributed by atoms with Gasteiger partial charge in [-0.3, -0.25) is 9.59 Å². The lowest BCUT2D eigenvalue weighted by molar-refractivity contribution is -0.121. The molecule has 1 N–H and O–H groups in total. The molecule has 1 aliphatic carbocycles. The number of carbonyl (C=O) groups excluding carboxylic acids is 2. The Hall–Kier alpha value is -2.42. The minimum absolute atomic E-state index is 0.0162. The van der Waals surface area contributed by atoms with Gasteiger partial charge in [0.15, 0.2) is 5.78 Å². The first-order chi connectivity index (χ1) is 13.2. The molecule has 142 valence electrons. The number of carbonyl (C=O) groups is 2. The van der Waals surface area contributed by atoms with Crippen molar-refractivity contribution >= 4 is 11.7 Å². The van der Waals surface area contributed by atoms with Crippen LogP contribution in [-0.2, 0) is 17.6 Å². The lowest BCUT2D eigenvalue weighted by atomic mass is 9.89. The van der Waals surface area contributed by atoms with E-state index in [4.69, 9.17) is 0 Å². The van der Waals surface area contributed by atoms with E-state index in [0.717, 1.165) is 36.8 Å². The van der Waals surface area contributed by atoms with Gasteiger partial charge in [0.1, 0.15) is 0 Å². The number of nitrogens with one attached hydrogen (secondary N) is 1. The van der Waals surface area contributed by atoms with Crippen LogP contribution >= 0.6 is 0 Å². The van der Waals surface area contributed by atoms with Crippen LogP contribution in [0.15, 0.2) is 48.5 Å². The minimum Gasteiger partial charge on any atom is -0.349 e. The van der Waals surface area contributed by atoms with E-state index in [-0.39, 0.29) is 30.6 Å². The molecule has 1 amide bonds. The van der Waals surface area contributed by atoms with Crippen LogP contribution in [0, 0.1) is 0 Å². The zero-order chi connectivity index (χ0) is 19.1. The molecule has 2 aromatic carbocycles. The summed E-state index contributed by atoms with van der Waals surface area (Å²) in [6, 6.07) is 16.1. The molecular weight excluding hydrogens is 334 g/mol. The Kier molecular flexibility index (Phi) is 6.80. The normalized spacial score (nSPS) is 14.3. The second-order valence-corrected chi connectivity index (χ2v) is 7.43. The summed E-state index contributed by atoms with van der Waals surface area (Å²) in [6.45, 7) is 2.11. The van der Waals surface area contributed by atoms with Crippen molar-refractivity contribution in [1.82, 2.24) is 5.32 Å². The van der Waals surface area contributed by atoms with Crippen molar-refractivity contribution in [3.8, 4) is 0 Å². The van der Waals surface area contributed by atoms with Crippen LogP contribution < -0.4 is 5.32 Å². The molecule has 2 aromatic rings. The Labute approximate surface area is 162 Å². The van der Waals surface area contributed by atoms with Gasteiger partial charge in [0, 0.05) is 18.4 Å². The van der Waals surface area contributed by atoms with Gasteiger partial charge in [-0.1, -0.05) is 55.8 Å². The van der Waals surface area contributed by atoms with Crippen LogP contribution in [0.5, 0.6) is 0 Å². The molecule has 3 heteroatoms. The van der Waals surface area contributed by atoms with Crippen molar-refractivity contribution in [2.45, 2.75) is 64.3 Å². The average molecular weight is 364 g/mol. The van der Waals surface area contributed by atoms with E-state index in [9.17, 15) is 9.59 Å². The summed E-state index contributed by atoms with van der Waals surface area (Å²) >= 11 is 0. The Balaban J connectivity index is 1.55. The summed E-state index contributed by atoms with van der Waals surface area (Å²) in [7, 11) is 0. The Bertz CT molecular complexity index is 782. The number of fused-ring (bicyclic) bond motifs is 1. The van der Waals surface area contributed by atoms with Crippen molar-refractivity contribution in [3.63, 3.8) is 0 Å². The zero-order valence-corrected chi connectivity index (χ0v) is 16.2. The smallest absolute Gasteiger partial charge is 0.220 e. The van der Waals surface area contributed by atoms with Gasteiger partial charge in [-0.15, -0.1) is 0 Å². The Morgan fingerprint density at radius 3 is 2.44 bits per heavy atom. The van der Waals surface area contributed by atoms with Crippen molar-refractivity contribution in [2.24, 2.45) is 0 Å². The maximum atomic E-state index is 12.5. The first-order valence-corrected chi connectivity index (χ1v) is 10.2. The number of hydrogen-bond acceptors (Lipinski definition) is 2. The molecule has 0 saturated carbocycles. The number of benzene rings is 2. The van der Waals surface area contributed by atoms with E-state index in [2.05, 4.69) is 18.3 Å². The number of rotatable bonds is 8. The van der Waals surface area contributed by atoms with Crippen molar-refractivity contribution in [2.75, 3.05) is 0 Å². The summed E-state index contributed by atoms with van der Waals surface area (Å²) in [4.78, 5) is 24.9. The number of amides is 1. The number of Topliss-reactive ketones (excluding diaryl/α,β-unsaturated/α-hetero) is 1. The van der Waals surface area contributed by atoms with Gasteiger partial charge >= 0.3 is 0 Å². The number of aryl methyl sites for hydroxylation is 2. The van der Waals surface area contributed by atoms with Crippen molar-refractivity contribution in [3.05, 3.63) is 70.8 Å². The van der Waals surface area contributed by atoms with E-state index in [1.807, 2.05) is 42.5 Å². The lowest BCUT2D eigenvalue weighted by Crippen LogP contribution is -2.28. The molecule has 3 nitrogen and oxygen atoms in total. The molecular formula is C24H29NO2. The average Bonchev–Trinajstić information content (AvgIpc) is 2.72. The fourth-order valence-corrected chi connectivity index (χ4v) is 3.84. The highest BCUT2D eigenvalue weighted by Gasteiger charge is 2.16. The van der Waals surface area contributed by atoms with Crippen molar-refractivity contribution in [1.29, 1.82) is 0 Å². The summed E-state index contributed by atoms with van der Waals surface area (Å²) < 4.78 is 0. The van der Waals surface area contributed by atoms with E-state index in [1.54, 1.807) is 0 Å². The molecule has 0 fully saturated rings. The van der Waals surface area contributed by atoms with E-state index in [1.165, 1.54) is 24.0 Å². The Morgan fingerprint density at radius 1 is 0.963 bits per heavy atom. The number of hydrogen-bond donors (Lipinski definition) is 1. The van der Waals surface area contributed by atoms with E-state index < -0.39 is 0 Å². The largest absolute Gasteiger partial charge is 0.349 e. The summed E-state index contributed by atoms with van der Waals surface area (Å²) in [5, 5.41) is 3.10. The third-order valence-corrected chi connectivity index (χ3v) is 5.36. The molecule has 1 unspecified atom stereocenters. The molecule has 0 radical (unpaired) electrons. The molecule has 0 aliphatic heterocycles. The standard InChI is InChI=1S/C24H29NO2/c1-2-8-22(19-10-4-3-5-11-19)25-24(27)16-15-23(26)21-14-13-18-9-6-7-12-20(18)17-21/h3-5,10-11,13-14,17,22H,2,6-9,12,15-16H2,1H3,(H,25,27). The second-order valence-electron chi connectivity index (χ2n) is 7.43. The van der Waals surface area contributed by atoms with Gasteiger partial charge < -0.3 is 5.32 Å². The third kappa shape index (κ3) is 5.29. The highest BCUT2D eigenvalue weighted by Crippen LogP contribution is 2.23. The predicted molar refractivity (Wildman–Crippen MR) is 109 cm³/mol. The van der Waals surface area contributed by atoms with Crippen LogP contribution in [0.2, 0.25) is 0 Å². The van der Waals surface area contributed by atoms with Gasteiger partial charge in [-0.05, 0) is 54.9 Å². The van der Waals surface area contributed by atoms with Crippen molar-refractivity contribution < 1.29 is 9.59 Å². The van der Waals surface area contributed by atoms with Crippen LogP contribution in [0.4, 0.5) is 0 Å². The summed E-state index contributed by atoms with van der Waals surface area (Å²) in [5.41, 5.74) is 4.55. The van der Waals surface area contributed by atoms with Gasteiger partial charge in [0.2, 0.25) is 5.91 Å². The van der Waals surface area contributed by atoms with Gasteiger partial charge in [0.05, 0.1) is 6.04 Å². The monoisotopic (exact) mass is 363 g/mol. The fourth-order valence-electron chi connectivity index (χ4n) is 3.84. The van der Waals surface area contributed by atoms with Gasteiger partial charge in [0.25, 0.3) is 0 Å². The maximum absolute atomic E-state index is 12.5. The quantitative estimate of drug-likeness (QED) is 0.656. The minimum atomic E-state index is -0.0522. The van der Waals surface area contributed by atoms with Crippen LogP contribution in [0.1, 0.15) is 78.5 Å². The molecule has 0 saturated heterocycles. The molecule has 0 aromatic heterocycles. The molecule has 3 rings (SSSR count). The van der Waals surface area contributed by atoms with Crippen LogP contribution in [0.25, 0.3) is 0 Å². The predicted octanol–water partition coefficient (Wildman–Crippen LogP) is 5.19. The molecule has 1 atom stereocenters. The van der Waals surface area contributed by atoms with E-state index in [0.29, 0.717) is 0 Å². The first-order valence-electron chi connectivity index (χ1n) is 10.2. The SMILES string of the molecule is CCCC(NC(=O)CCC(=O)c1ccc2c(c1)CCCC2)c1ccccc1. The third-order valence-electron chi connectivity index (χ3n) is 5.36. The Morgan fingerprint density at radius 2 is 1.70 bits per heavy atom. The number of ketones is 1.